The third kappa shape index (κ3) is 4.29. The van der Waals surface area contributed by atoms with Crippen LogP contribution >= 0.6 is 15.9 Å². The van der Waals surface area contributed by atoms with E-state index < -0.39 is 4.92 Å². The number of anilines is 1. The second kappa shape index (κ2) is 6.12. The van der Waals surface area contributed by atoms with Gasteiger partial charge in [-0.3, -0.25) is 14.9 Å². The van der Waals surface area contributed by atoms with E-state index in [0.29, 0.717) is 29.2 Å². The summed E-state index contributed by atoms with van der Waals surface area (Å²) >= 11 is 3.10. The van der Waals surface area contributed by atoms with Crippen molar-refractivity contribution in [3.63, 3.8) is 0 Å². The Morgan fingerprint density at radius 1 is 1.47 bits per heavy atom. The van der Waals surface area contributed by atoms with Crippen LogP contribution in [0.5, 0.6) is 0 Å². The van der Waals surface area contributed by atoms with Gasteiger partial charge in [-0.15, -0.1) is 0 Å². The average molecular weight is 328 g/mol. The summed E-state index contributed by atoms with van der Waals surface area (Å²) in [5.74, 6) is -0.148. The Morgan fingerprint density at radius 3 is 2.84 bits per heavy atom. The number of carbonyl (C=O) groups excluding carboxylic acids is 1. The fraction of sp³-hybridized carbons (Fsp3) is 0.417. The zero-order chi connectivity index (χ0) is 13.8. The van der Waals surface area contributed by atoms with Gasteiger partial charge >= 0.3 is 0 Å². The first-order valence-corrected chi connectivity index (χ1v) is 6.83. The molecule has 1 saturated carbocycles. The highest BCUT2D eigenvalue weighted by Crippen LogP contribution is 2.27. The third-order valence-electron chi connectivity index (χ3n) is 2.79. The number of halogens is 1. The molecule has 6 nitrogen and oxygen atoms in total. The molecule has 0 aliphatic heterocycles. The molecule has 1 aliphatic rings. The monoisotopic (exact) mass is 327 g/mol. The molecule has 1 amide bonds. The number of benzene rings is 1. The summed E-state index contributed by atoms with van der Waals surface area (Å²) < 4.78 is 0.394. The van der Waals surface area contributed by atoms with Crippen molar-refractivity contribution in [1.29, 1.82) is 0 Å². The quantitative estimate of drug-likeness (QED) is 0.620. The fourth-order valence-electron chi connectivity index (χ4n) is 1.63. The van der Waals surface area contributed by atoms with E-state index in [1.54, 1.807) is 12.1 Å². The highest BCUT2D eigenvalue weighted by molar-refractivity contribution is 9.10. The zero-order valence-electron chi connectivity index (χ0n) is 10.2. The van der Waals surface area contributed by atoms with Gasteiger partial charge < -0.3 is 10.6 Å². The number of nitrogens with zero attached hydrogens (tertiary/aromatic N) is 1. The molecule has 2 N–H and O–H groups in total. The molecule has 0 saturated heterocycles. The molecule has 1 fully saturated rings. The molecule has 0 unspecified atom stereocenters. The highest BCUT2D eigenvalue weighted by atomic mass is 79.9. The van der Waals surface area contributed by atoms with Crippen LogP contribution in [0, 0.1) is 10.1 Å². The van der Waals surface area contributed by atoms with Crippen molar-refractivity contribution >= 4 is 33.2 Å². The van der Waals surface area contributed by atoms with E-state index in [2.05, 4.69) is 26.6 Å². The third-order valence-corrected chi connectivity index (χ3v) is 3.46. The fourth-order valence-corrected chi connectivity index (χ4v) is 2.02. The standard InChI is InChI=1S/C12H14BrN3O3/c13-10-4-3-9(7-11(10)16(18)19)15-12(17)5-6-14-8-1-2-8/h3-4,7-8,14H,1-2,5-6H2,(H,15,17). The Labute approximate surface area is 118 Å². The number of hydrogen-bond acceptors (Lipinski definition) is 4. The Balaban J connectivity index is 1.88. The van der Waals surface area contributed by atoms with E-state index in [1.807, 2.05) is 0 Å². The molecule has 1 aromatic rings. The predicted molar refractivity (Wildman–Crippen MR) is 75.1 cm³/mol. The van der Waals surface area contributed by atoms with Crippen LogP contribution in [0.1, 0.15) is 19.3 Å². The molecular weight excluding hydrogens is 314 g/mol. The number of nitrogens with one attached hydrogen (secondary N) is 2. The summed E-state index contributed by atoms with van der Waals surface area (Å²) in [6, 6.07) is 5.09. The number of hydrogen-bond donors (Lipinski definition) is 2. The lowest BCUT2D eigenvalue weighted by Crippen LogP contribution is -2.23. The maximum atomic E-state index is 11.6. The largest absolute Gasteiger partial charge is 0.326 e. The lowest BCUT2D eigenvalue weighted by atomic mass is 10.2. The molecule has 1 aliphatic carbocycles. The van der Waals surface area contributed by atoms with Gasteiger partial charge in [0.2, 0.25) is 5.91 Å². The second-order valence-electron chi connectivity index (χ2n) is 4.45. The van der Waals surface area contributed by atoms with Gasteiger partial charge in [-0.05, 0) is 40.9 Å². The van der Waals surface area contributed by atoms with Crippen LogP contribution in [-0.2, 0) is 4.79 Å². The normalized spacial score (nSPS) is 14.2. The van der Waals surface area contributed by atoms with Crippen molar-refractivity contribution < 1.29 is 9.72 Å². The van der Waals surface area contributed by atoms with E-state index in [4.69, 9.17) is 0 Å². The van der Waals surface area contributed by atoms with E-state index in [9.17, 15) is 14.9 Å². The molecule has 0 atom stereocenters. The summed E-state index contributed by atoms with van der Waals surface area (Å²) in [4.78, 5) is 21.9. The van der Waals surface area contributed by atoms with Crippen LogP contribution in [0.3, 0.4) is 0 Å². The van der Waals surface area contributed by atoms with Crippen molar-refractivity contribution in [2.24, 2.45) is 0 Å². The molecular formula is C12H14BrN3O3. The highest BCUT2D eigenvalue weighted by Gasteiger charge is 2.20. The molecule has 7 heteroatoms. The lowest BCUT2D eigenvalue weighted by molar-refractivity contribution is -0.385. The number of amides is 1. The van der Waals surface area contributed by atoms with Crippen molar-refractivity contribution in [3.05, 3.63) is 32.8 Å². The maximum Gasteiger partial charge on any atom is 0.285 e. The number of nitro benzene ring substituents is 1. The lowest BCUT2D eigenvalue weighted by Gasteiger charge is -2.06. The molecule has 102 valence electrons. The number of carbonyl (C=O) groups is 1. The molecule has 0 spiro atoms. The minimum absolute atomic E-state index is 0.0612. The molecule has 0 radical (unpaired) electrons. The molecule has 1 aromatic carbocycles. The van der Waals surface area contributed by atoms with E-state index in [1.165, 1.54) is 18.9 Å². The molecule has 0 aromatic heterocycles. The van der Waals surface area contributed by atoms with Crippen LogP contribution in [-0.4, -0.2) is 23.4 Å². The average Bonchev–Trinajstić information content (AvgIpc) is 3.15. The van der Waals surface area contributed by atoms with Gasteiger partial charge in [0.25, 0.3) is 5.69 Å². The van der Waals surface area contributed by atoms with E-state index in [0.717, 1.165) is 0 Å². The first-order valence-electron chi connectivity index (χ1n) is 6.03. The molecule has 0 bridgehead atoms. The van der Waals surface area contributed by atoms with Crippen molar-refractivity contribution in [2.75, 3.05) is 11.9 Å². The minimum atomic E-state index is -0.492. The summed E-state index contributed by atoms with van der Waals surface area (Å²) in [5.41, 5.74) is 0.375. The van der Waals surface area contributed by atoms with Gasteiger partial charge in [-0.2, -0.15) is 0 Å². The summed E-state index contributed by atoms with van der Waals surface area (Å²) in [6.07, 6.45) is 2.72. The zero-order valence-corrected chi connectivity index (χ0v) is 11.8. The van der Waals surface area contributed by atoms with Crippen LogP contribution in [0.2, 0.25) is 0 Å². The van der Waals surface area contributed by atoms with Crippen molar-refractivity contribution in [3.8, 4) is 0 Å². The molecule has 2 rings (SSSR count). The van der Waals surface area contributed by atoms with Gasteiger partial charge in [0, 0.05) is 30.8 Å². The van der Waals surface area contributed by atoms with Gasteiger partial charge in [0.15, 0.2) is 0 Å². The van der Waals surface area contributed by atoms with Gasteiger partial charge in [0.1, 0.15) is 0 Å². The Bertz CT molecular complexity index is 503. The Hall–Kier alpha value is -1.47. The molecule has 0 heterocycles. The van der Waals surface area contributed by atoms with Gasteiger partial charge in [-0.25, -0.2) is 0 Å². The van der Waals surface area contributed by atoms with Crippen LogP contribution in [0.4, 0.5) is 11.4 Å². The van der Waals surface area contributed by atoms with Gasteiger partial charge in [-0.1, -0.05) is 0 Å². The summed E-state index contributed by atoms with van der Waals surface area (Å²) in [7, 11) is 0. The summed E-state index contributed by atoms with van der Waals surface area (Å²) in [5, 5.41) is 16.7. The maximum absolute atomic E-state index is 11.6. The first kappa shape index (κ1) is 14.0. The van der Waals surface area contributed by atoms with Crippen LogP contribution in [0.25, 0.3) is 0 Å². The first-order chi connectivity index (χ1) is 9.06. The number of rotatable bonds is 6. The van der Waals surface area contributed by atoms with Crippen LogP contribution < -0.4 is 10.6 Å². The van der Waals surface area contributed by atoms with Crippen LogP contribution in [0.15, 0.2) is 22.7 Å². The number of nitro groups is 1. The molecule has 19 heavy (non-hydrogen) atoms. The van der Waals surface area contributed by atoms with E-state index in [-0.39, 0.29) is 11.6 Å². The smallest absolute Gasteiger partial charge is 0.285 e. The second-order valence-corrected chi connectivity index (χ2v) is 5.30. The Kier molecular flexibility index (Phi) is 4.49. The summed E-state index contributed by atoms with van der Waals surface area (Å²) in [6.45, 7) is 0.634. The Morgan fingerprint density at radius 2 is 2.21 bits per heavy atom. The van der Waals surface area contributed by atoms with Crippen molar-refractivity contribution in [1.82, 2.24) is 5.32 Å². The minimum Gasteiger partial charge on any atom is -0.326 e. The van der Waals surface area contributed by atoms with Crippen molar-refractivity contribution in [2.45, 2.75) is 25.3 Å². The predicted octanol–water partition coefficient (Wildman–Crippen LogP) is 2.44. The van der Waals surface area contributed by atoms with E-state index >= 15 is 0 Å². The SMILES string of the molecule is O=C(CCNC1CC1)Nc1ccc(Br)c([N+](=O)[O-])c1. The van der Waals surface area contributed by atoms with Gasteiger partial charge in [0.05, 0.1) is 9.40 Å². The topological polar surface area (TPSA) is 84.3 Å².